The van der Waals surface area contributed by atoms with Gasteiger partial charge in [-0.25, -0.2) is 9.67 Å². The van der Waals surface area contributed by atoms with Crippen LogP contribution in [0.25, 0.3) is 5.69 Å². The average Bonchev–Trinajstić information content (AvgIpc) is 3.06. The lowest BCUT2D eigenvalue weighted by Gasteiger charge is -2.07. The Bertz CT molecular complexity index is 833. The molecule has 5 heteroatoms. The van der Waals surface area contributed by atoms with Crippen LogP contribution in [-0.2, 0) is 0 Å². The maximum absolute atomic E-state index is 12.3. The maximum Gasteiger partial charge on any atom is 0.295 e. The van der Waals surface area contributed by atoms with Crippen molar-refractivity contribution in [3.05, 3.63) is 71.8 Å². The van der Waals surface area contributed by atoms with Gasteiger partial charge in [0.05, 0.1) is 5.69 Å². The molecule has 3 aromatic rings. The summed E-state index contributed by atoms with van der Waals surface area (Å²) in [5.74, 6) is 0.281. The van der Waals surface area contributed by atoms with Gasteiger partial charge in [0.1, 0.15) is 6.33 Å². The molecular weight excluding hydrogens is 300 g/mol. The lowest BCUT2D eigenvalue weighted by Crippen LogP contribution is -2.14. The zero-order valence-corrected chi connectivity index (χ0v) is 14.0. The Morgan fingerprint density at radius 2 is 1.71 bits per heavy atom. The summed E-state index contributed by atoms with van der Waals surface area (Å²) >= 11 is 0. The number of benzene rings is 2. The molecule has 1 aromatic heterocycles. The summed E-state index contributed by atoms with van der Waals surface area (Å²) in [4.78, 5) is 16.4. The molecule has 3 rings (SSSR count). The fraction of sp³-hybridized carbons (Fsp3) is 0.211. The predicted octanol–water partition coefficient (Wildman–Crippen LogP) is 3.95. The molecule has 0 radical (unpaired) electrons. The summed E-state index contributed by atoms with van der Waals surface area (Å²) < 4.78 is 1.59. The monoisotopic (exact) mass is 320 g/mol. The number of carbonyl (C=O) groups excluding carboxylic acids is 1. The number of nitrogens with zero attached hydrogens (tertiary/aromatic N) is 3. The van der Waals surface area contributed by atoms with E-state index in [1.165, 1.54) is 11.1 Å². The largest absolute Gasteiger partial charge is 0.319 e. The van der Waals surface area contributed by atoms with Crippen molar-refractivity contribution >= 4 is 11.6 Å². The van der Waals surface area contributed by atoms with Crippen LogP contribution in [0.2, 0.25) is 0 Å². The normalized spacial score (nSPS) is 10.8. The van der Waals surface area contributed by atoms with E-state index in [2.05, 4.69) is 29.2 Å². The molecular formula is C19H20N4O. The van der Waals surface area contributed by atoms with E-state index in [0.29, 0.717) is 5.92 Å². The number of amides is 1. The number of nitrogens with one attached hydrogen (secondary N) is 1. The number of rotatable bonds is 4. The minimum atomic E-state index is -0.321. The van der Waals surface area contributed by atoms with Crippen molar-refractivity contribution in [3.63, 3.8) is 0 Å². The summed E-state index contributed by atoms with van der Waals surface area (Å²) in [6.45, 7) is 6.29. The highest BCUT2D eigenvalue weighted by atomic mass is 16.2. The van der Waals surface area contributed by atoms with E-state index in [1.54, 1.807) is 11.0 Å². The second-order valence-electron chi connectivity index (χ2n) is 6.08. The first kappa shape index (κ1) is 15.9. The summed E-state index contributed by atoms with van der Waals surface area (Å²) in [5.41, 5.74) is 4.00. The zero-order valence-electron chi connectivity index (χ0n) is 14.0. The topological polar surface area (TPSA) is 59.8 Å². The molecule has 1 amide bonds. The minimum absolute atomic E-state index is 0.142. The Labute approximate surface area is 141 Å². The summed E-state index contributed by atoms with van der Waals surface area (Å²) in [7, 11) is 0. The first-order chi connectivity index (χ1) is 11.5. The fourth-order valence-electron chi connectivity index (χ4n) is 2.33. The van der Waals surface area contributed by atoms with E-state index in [4.69, 9.17) is 0 Å². The van der Waals surface area contributed by atoms with Gasteiger partial charge >= 0.3 is 0 Å². The van der Waals surface area contributed by atoms with Gasteiger partial charge in [0, 0.05) is 5.69 Å². The molecule has 0 unspecified atom stereocenters. The van der Waals surface area contributed by atoms with Crippen molar-refractivity contribution in [1.29, 1.82) is 0 Å². The first-order valence-electron chi connectivity index (χ1n) is 7.93. The summed E-state index contributed by atoms with van der Waals surface area (Å²) in [6.07, 6.45) is 1.54. The Balaban J connectivity index is 1.72. The van der Waals surface area contributed by atoms with Gasteiger partial charge in [-0.05, 0) is 42.7 Å². The molecule has 24 heavy (non-hydrogen) atoms. The molecule has 0 fully saturated rings. The van der Waals surface area contributed by atoms with Crippen molar-refractivity contribution < 1.29 is 4.79 Å². The van der Waals surface area contributed by atoms with E-state index in [0.717, 1.165) is 11.4 Å². The van der Waals surface area contributed by atoms with Gasteiger partial charge in [-0.3, -0.25) is 4.79 Å². The Morgan fingerprint density at radius 1 is 1.04 bits per heavy atom. The number of anilines is 1. The quantitative estimate of drug-likeness (QED) is 0.792. The maximum atomic E-state index is 12.3. The Morgan fingerprint density at radius 3 is 2.33 bits per heavy atom. The Hall–Kier alpha value is -2.95. The summed E-state index contributed by atoms with van der Waals surface area (Å²) in [5, 5.41) is 7.07. The van der Waals surface area contributed by atoms with Crippen molar-refractivity contribution in [2.24, 2.45) is 0 Å². The van der Waals surface area contributed by atoms with Gasteiger partial charge in [0.2, 0.25) is 5.82 Å². The highest BCUT2D eigenvalue weighted by molar-refractivity contribution is 6.01. The minimum Gasteiger partial charge on any atom is -0.319 e. The molecule has 0 spiro atoms. The third-order valence-electron chi connectivity index (χ3n) is 3.83. The van der Waals surface area contributed by atoms with E-state index in [1.807, 2.05) is 55.5 Å². The van der Waals surface area contributed by atoms with Gasteiger partial charge < -0.3 is 5.32 Å². The van der Waals surface area contributed by atoms with Gasteiger partial charge in [-0.1, -0.05) is 43.7 Å². The van der Waals surface area contributed by atoms with Crippen molar-refractivity contribution in [2.45, 2.75) is 26.7 Å². The van der Waals surface area contributed by atoms with E-state index in [-0.39, 0.29) is 11.7 Å². The molecule has 0 aliphatic carbocycles. The standard InChI is InChI=1S/C19H20N4O/c1-13(2)15-6-8-16(9-7-15)21-19(24)18-20-12-23(22-18)17-10-4-14(3)5-11-17/h4-13H,1-3H3,(H,21,24). The van der Waals surface area contributed by atoms with Crippen molar-refractivity contribution in [3.8, 4) is 5.69 Å². The van der Waals surface area contributed by atoms with Gasteiger partial charge in [0.25, 0.3) is 5.91 Å². The molecule has 0 aliphatic heterocycles. The van der Waals surface area contributed by atoms with Crippen LogP contribution < -0.4 is 5.32 Å². The molecule has 1 heterocycles. The number of hydrogen-bond acceptors (Lipinski definition) is 3. The second-order valence-corrected chi connectivity index (χ2v) is 6.08. The average molecular weight is 320 g/mol. The molecule has 5 nitrogen and oxygen atoms in total. The van der Waals surface area contributed by atoms with E-state index < -0.39 is 0 Å². The first-order valence-corrected chi connectivity index (χ1v) is 7.93. The molecule has 0 saturated heterocycles. The molecule has 122 valence electrons. The van der Waals surface area contributed by atoms with Crippen LogP contribution >= 0.6 is 0 Å². The second kappa shape index (κ2) is 6.66. The van der Waals surface area contributed by atoms with Crippen LogP contribution in [0, 0.1) is 6.92 Å². The van der Waals surface area contributed by atoms with Gasteiger partial charge in [-0.2, -0.15) is 0 Å². The Kier molecular flexibility index (Phi) is 4.42. The van der Waals surface area contributed by atoms with E-state index >= 15 is 0 Å². The SMILES string of the molecule is Cc1ccc(-n2cnc(C(=O)Nc3ccc(C(C)C)cc3)n2)cc1. The van der Waals surface area contributed by atoms with Crippen LogP contribution in [0.3, 0.4) is 0 Å². The third-order valence-corrected chi connectivity index (χ3v) is 3.83. The van der Waals surface area contributed by atoms with Crippen LogP contribution in [0.1, 0.15) is 41.5 Å². The van der Waals surface area contributed by atoms with Gasteiger partial charge in [0.15, 0.2) is 0 Å². The van der Waals surface area contributed by atoms with Crippen LogP contribution in [0.15, 0.2) is 54.9 Å². The van der Waals surface area contributed by atoms with E-state index in [9.17, 15) is 4.79 Å². The molecule has 1 N–H and O–H groups in total. The lowest BCUT2D eigenvalue weighted by atomic mass is 10.0. The van der Waals surface area contributed by atoms with Crippen molar-refractivity contribution in [2.75, 3.05) is 5.32 Å². The molecule has 0 atom stereocenters. The van der Waals surface area contributed by atoms with Crippen LogP contribution in [0.4, 0.5) is 5.69 Å². The highest BCUT2D eigenvalue weighted by Gasteiger charge is 2.12. The molecule has 0 saturated carbocycles. The summed E-state index contributed by atoms with van der Waals surface area (Å²) in [6, 6.07) is 15.7. The zero-order chi connectivity index (χ0) is 17.1. The predicted molar refractivity (Wildman–Crippen MR) is 94.6 cm³/mol. The number of aromatic nitrogens is 3. The fourth-order valence-corrected chi connectivity index (χ4v) is 2.33. The smallest absolute Gasteiger partial charge is 0.295 e. The highest BCUT2D eigenvalue weighted by Crippen LogP contribution is 2.17. The van der Waals surface area contributed by atoms with Crippen LogP contribution in [0.5, 0.6) is 0 Å². The molecule has 2 aromatic carbocycles. The molecule has 0 aliphatic rings. The number of hydrogen-bond donors (Lipinski definition) is 1. The number of aryl methyl sites for hydroxylation is 1. The number of carbonyl (C=O) groups is 1. The van der Waals surface area contributed by atoms with Crippen molar-refractivity contribution in [1.82, 2.24) is 14.8 Å². The third kappa shape index (κ3) is 3.51. The van der Waals surface area contributed by atoms with Crippen LogP contribution in [-0.4, -0.2) is 20.7 Å². The molecule has 0 bridgehead atoms. The lowest BCUT2D eigenvalue weighted by molar-refractivity contribution is 0.101. The van der Waals surface area contributed by atoms with Gasteiger partial charge in [-0.15, -0.1) is 5.10 Å².